The normalized spacial score (nSPS) is 11.4. The lowest BCUT2D eigenvalue weighted by molar-refractivity contribution is 0.441. The fraction of sp³-hybridized carbons (Fsp3) is 0.500. The first-order valence-electron chi connectivity index (χ1n) is 4.33. The van der Waals surface area contributed by atoms with Crippen LogP contribution in [0.4, 0.5) is 10.2 Å². The van der Waals surface area contributed by atoms with E-state index in [-0.39, 0.29) is 11.2 Å². The third-order valence-electron chi connectivity index (χ3n) is 1.54. The molecule has 0 unspecified atom stereocenters. The van der Waals surface area contributed by atoms with Crippen LogP contribution in [0.3, 0.4) is 0 Å². The second-order valence-electron chi connectivity index (χ2n) is 4.25. The minimum absolute atomic E-state index is 0.129. The maximum Gasteiger partial charge on any atom is 0.165 e. The predicted octanol–water partition coefficient (Wildman–Crippen LogP) is 2.68. The summed E-state index contributed by atoms with van der Waals surface area (Å²) in [4.78, 5) is 3.90. The Morgan fingerprint density at radius 1 is 1.46 bits per heavy atom. The van der Waals surface area contributed by atoms with Gasteiger partial charge in [-0.3, -0.25) is 0 Å². The molecule has 0 aliphatic heterocycles. The molecule has 0 aromatic carbocycles. The Morgan fingerprint density at radius 3 is 2.69 bits per heavy atom. The van der Waals surface area contributed by atoms with E-state index in [0.29, 0.717) is 12.4 Å². The number of nitrogens with zero attached hydrogens (tertiary/aromatic N) is 1. The number of anilines is 1. The molecule has 0 aliphatic carbocycles. The maximum atomic E-state index is 13.0. The molecule has 3 heteroatoms. The van der Waals surface area contributed by atoms with E-state index >= 15 is 0 Å². The molecule has 1 aromatic rings. The van der Waals surface area contributed by atoms with Gasteiger partial charge in [0.25, 0.3) is 0 Å². The highest BCUT2D eigenvalue weighted by Gasteiger charge is 2.11. The van der Waals surface area contributed by atoms with E-state index < -0.39 is 0 Å². The third kappa shape index (κ3) is 3.40. The lowest BCUT2D eigenvalue weighted by Crippen LogP contribution is -2.20. The summed E-state index contributed by atoms with van der Waals surface area (Å²) in [5, 5.41) is 2.97. The first-order valence-corrected chi connectivity index (χ1v) is 4.33. The predicted molar refractivity (Wildman–Crippen MR) is 52.1 cm³/mol. The molecule has 13 heavy (non-hydrogen) atoms. The van der Waals surface area contributed by atoms with Crippen molar-refractivity contribution in [3.05, 3.63) is 24.1 Å². The highest BCUT2D eigenvalue weighted by atomic mass is 19.1. The summed E-state index contributed by atoms with van der Waals surface area (Å²) >= 11 is 0. The van der Waals surface area contributed by atoms with Gasteiger partial charge in [-0.25, -0.2) is 9.37 Å². The zero-order valence-corrected chi connectivity index (χ0v) is 8.26. The minimum atomic E-state index is -0.299. The van der Waals surface area contributed by atoms with Crippen molar-refractivity contribution < 1.29 is 4.39 Å². The molecule has 0 saturated carbocycles. The number of halogens is 1. The molecule has 1 N–H and O–H groups in total. The molecule has 0 aliphatic rings. The van der Waals surface area contributed by atoms with E-state index in [0.717, 1.165) is 0 Å². The van der Waals surface area contributed by atoms with Crippen LogP contribution in [-0.4, -0.2) is 11.5 Å². The molecular weight excluding hydrogens is 167 g/mol. The van der Waals surface area contributed by atoms with E-state index in [4.69, 9.17) is 0 Å². The molecule has 0 amide bonds. The Hall–Kier alpha value is -1.12. The summed E-state index contributed by atoms with van der Waals surface area (Å²) in [7, 11) is 0. The van der Waals surface area contributed by atoms with Gasteiger partial charge in [-0.2, -0.15) is 0 Å². The first kappa shape index (κ1) is 9.96. The SMILES string of the molecule is CC(C)(C)CNc1ncccc1F. The Labute approximate surface area is 78.2 Å². The molecule has 1 heterocycles. The summed E-state index contributed by atoms with van der Waals surface area (Å²) < 4.78 is 13.0. The van der Waals surface area contributed by atoms with Crippen LogP contribution >= 0.6 is 0 Å². The van der Waals surface area contributed by atoms with Gasteiger partial charge in [-0.05, 0) is 17.5 Å². The Kier molecular flexibility index (Phi) is 2.86. The van der Waals surface area contributed by atoms with Crippen LogP contribution in [0.1, 0.15) is 20.8 Å². The van der Waals surface area contributed by atoms with Crippen molar-refractivity contribution in [2.45, 2.75) is 20.8 Å². The molecule has 0 atom stereocenters. The highest BCUT2D eigenvalue weighted by molar-refractivity contribution is 5.35. The van der Waals surface area contributed by atoms with Gasteiger partial charge in [0.1, 0.15) is 0 Å². The monoisotopic (exact) mass is 182 g/mol. The minimum Gasteiger partial charge on any atom is -0.367 e. The third-order valence-corrected chi connectivity index (χ3v) is 1.54. The lowest BCUT2D eigenvalue weighted by atomic mass is 9.97. The van der Waals surface area contributed by atoms with E-state index in [1.54, 1.807) is 12.3 Å². The van der Waals surface area contributed by atoms with Crippen molar-refractivity contribution in [2.24, 2.45) is 5.41 Å². The summed E-state index contributed by atoms with van der Waals surface area (Å²) in [5.41, 5.74) is 0.129. The summed E-state index contributed by atoms with van der Waals surface area (Å²) in [6.45, 7) is 6.96. The summed E-state index contributed by atoms with van der Waals surface area (Å²) in [6.07, 6.45) is 1.58. The number of nitrogens with one attached hydrogen (secondary N) is 1. The second-order valence-corrected chi connectivity index (χ2v) is 4.25. The molecule has 0 spiro atoms. The number of hydrogen-bond donors (Lipinski definition) is 1. The zero-order valence-electron chi connectivity index (χ0n) is 8.26. The summed E-state index contributed by atoms with van der Waals surface area (Å²) in [5.74, 6) is 0.0316. The van der Waals surface area contributed by atoms with Crippen molar-refractivity contribution in [3.8, 4) is 0 Å². The largest absolute Gasteiger partial charge is 0.367 e. The Bertz CT molecular complexity index is 278. The van der Waals surface area contributed by atoms with E-state index in [2.05, 4.69) is 31.1 Å². The topological polar surface area (TPSA) is 24.9 Å². The van der Waals surface area contributed by atoms with Gasteiger partial charge in [0.05, 0.1) is 0 Å². The van der Waals surface area contributed by atoms with Crippen LogP contribution < -0.4 is 5.32 Å². The average molecular weight is 182 g/mol. The van der Waals surface area contributed by atoms with Crippen LogP contribution in [0, 0.1) is 11.2 Å². The molecule has 0 radical (unpaired) electrons. The fourth-order valence-corrected chi connectivity index (χ4v) is 0.865. The van der Waals surface area contributed by atoms with Gasteiger partial charge < -0.3 is 5.32 Å². The van der Waals surface area contributed by atoms with Crippen LogP contribution in [-0.2, 0) is 0 Å². The van der Waals surface area contributed by atoms with Gasteiger partial charge >= 0.3 is 0 Å². The van der Waals surface area contributed by atoms with Crippen LogP contribution in [0.25, 0.3) is 0 Å². The highest BCUT2D eigenvalue weighted by Crippen LogP contribution is 2.15. The smallest absolute Gasteiger partial charge is 0.165 e. The fourth-order valence-electron chi connectivity index (χ4n) is 0.865. The Balaban J connectivity index is 2.60. The second kappa shape index (κ2) is 3.73. The zero-order chi connectivity index (χ0) is 9.90. The van der Waals surface area contributed by atoms with Gasteiger partial charge in [-0.1, -0.05) is 20.8 Å². The number of pyridine rings is 1. The first-order chi connectivity index (χ1) is 5.99. The van der Waals surface area contributed by atoms with E-state index in [1.165, 1.54) is 6.07 Å². The van der Waals surface area contributed by atoms with Crippen molar-refractivity contribution in [2.75, 3.05) is 11.9 Å². The van der Waals surface area contributed by atoms with Crippen LogP contribution in [0.2, 0.25) is 0 Å². The van der Waals surface area contributed by atoms with Crippen molar-refractivity contribution in [3.63, 3.8) is 0 Å². The standard InChI is InChI=1S/C10H15FN2/c1-10(2,3)7-13-9-8(11)5-4-6-12-9/h4-6H,7H2,1-3H3,(H,12,13). The molecule has 0 saturated heterocycles. The van der Waals surface area contributed by atoms with Crippen molar-refractivity contribution in [1.82, 2.24) is 4.98 Å². The molecule has 0 bridgehead atoms. The van der Waals surface area contributed by atoms with Crippen molar-refractivity contribution >= 4 is 5.82 Å². The van der Waals surface area contributed by atoms with Crippen molar-refractivity contribution in [1.29, 1.82) is 0 Å². The summed E-state index contributed by atoms with van der Waals surface area (Å²) in [6, 6.07) is 2.98. The van der Waals surface area contributed by atoms with Crippen LogP contribution in [0.5, 0.6) is 0 Å². The Morgan fingerprint density at radius 2 is 2.15 bits per heavy atom. The molecular formula is C10H15FN2. The molecule has 72 valence electrons. The number of hydrogen-bond acceptors (Lipinski definition) is 2. The lowest BCUT2D eigenvalue weighted by Gasteiger charge is -2.19. The number of aromatic nitrogens is 1. The molecule has 0 fully saturated rings. The number of rotatable bonds is 2. The quantitative estimate of drug-likeness (QED) is 0.760. The van der Waals surface area contributed by atoms with E-state index in [1.807, 2.05) is 0 Å². The maximum absolute atomic E-state index is 13.0. The molecule has 1 rings (SSSR count). The van der Waals surface area contributed by atoms with Gasteiger partial charge in [-0.15, -0.1) is 0 Å². The molecule has 1 aromatic heterocycles. The average Bonchev–Trinajstić information content (AvgIpc) is 2.01. The van der Waals surface area contributed by atoms with Gasteiger partial charge in [0.15, 0.2) is 11.6 Å². The van der Waals surface area contributed by atoms with Gasteiger partial charge in [0, 0.05) is 12.7 Å². The van der Waals surface area contributed by atoms with Crippen LogP contribution in [0.15, 0.2) is 18.3 Å². The van der Waals surface area contributed by atoms with E-state index in [9.17, 15) is 4.39 Å². The molecule has 2 nitrogen and oxygen atoms in total. The van der Waals surface area contributed by atoms with Gasteiger partial charge in [0.2, 0.25) is 0 Å².